The molecule has 2 aromatic rings. The van der Waals surface area contributed by atoms with E-state index < -0.39 is 18.0 Å². The van der Waals surface area contributed by atoms with Gasteiger partial charge < -0.3 is 15.2 Å². The molecule has 2 aromatic carbocycles. The summed E-state index contributed by atoms with van der Waals surface area (Å²) in [5, 5.41) is 12.3. The Balaban J connectivity index is 1.99. The maximum Gasteiger partial charge on any atom is 0.342 e. The van der Waals surface area contributed by atoms with Crippen molar-refractivity contribution in [2.45, 2.75) is 20.0 Å². The van der Waals surface area contributed by atoms with Crippen LogP contribution in [0.2, 0.25) is 0 Å². The van der Waals surface area contributed by atoms with Gasteiger partial charge in [0.05, 0.1) is 0 Å². The molecule has 0 aliphatic rings. The van der Waals surface area contributed by atoms with Gasteiger partial charge in [-0.2, -0.15) is 0 Å². The first-order valence-corrected chi connectivity index (χ1v) is 6.84. The van der Waals surface area contributed by atoms with Crippen LogP contribution in [-0.4, -0.2) is 23.1 Å². The number of hydrogen-bond acceptors (Lipinski definition) is 4. The number of carbonyl (C=O) groups excluding carboxylic acids is 2. The molecule has 0 radical (unpaired) electrons. The SMILES string of the molecule is Cc1cccc(NC(=O)[C@H](C)OC(=O)c2ccccc2O)c1. The van der Waals surface area contributed by atoms with Gasteiger partial charge in [0.2, 0.25) is 0 Å². The molecule has 0 fully saturated rings. The molecule has 0 spiro atoms. The van der Waals surface area contributed by atoms with E-state index in [9.17, 15) is 14.7 Å². The van der Waals surface area contributed by atoms with Crippen molar-refractivity contribution in [3.63, 3.8) is 0 Å². The standard InChI is InChI=1S/C17H17NO4/c1-11-6-5-7-13(10-11)18-16(20)12(2)22-17(21)14-8-3-4-9-15(14)19/h3-10,12,19H,1-2H3,(H,18,20)/t12-/m0/s1. The highest BCUT2D eigenvalue weighted by Crippen LogP contribution is 2.17. The first-order valence-electron chi connectivity index (χ1n) is 6.84. The van der Waals surface area contributed by atoms with Gasteiger partial charge in [-0.3, -0.25) is 4.79 Å². The van der Waals surface area contributed by atoms with Gasteiger partial charge in [-0.05, 0) is 43.7 Å². The summed E-state index contributed by atoms with van der Waals surface area (Å²) in [6.07, 6.45) is -0.979. The van der Waals surface area contributed by atoms with Crippen LogP contribution in [-0.2, 0) is 9.53 Å². The van der Waals surface area contributed by atoms with Gasteiger partial charge >= 0.3 is 5.97 Å². The molecule has 0 bridgehead atoms. The Hall–Kier alpha value is -2.82. The van der Waals surface area contributed by atoms with Gasteiger partial charge in [-0.25, -0.2) is 4.79 Å². The minimum absolute atomic E-state index is 0.0257. The second kappa shape index (κ2) is 6.76. The van der Waals surface area contributed by atoms with Crippen molar-refractivity contribution < 1.29 is 19.4 Å². The Labute approximate surface area is 128 Å². The number of rotatable bonds is 4. The molecule has 1 amide bonds. The first-order chi connectivity index (χ1) is 10.5. The first kappa shape index (κ1) is 15.6. The summed E-state index contributed by atoms with van der Waals surface area (Å²) in [7, 11) is 0. The van der Waals surface area contributed by atoms with Crippen molar-refractivity contribution in [2.75, 3.05) is 5.32 Å². The van der Waals surface area contributed by atoms with Gasteiger partial charge in [0, 0.05) is 5.69 Å². The van der Waals surface area contributed by atoms with Crippen LogP contribution < -0.4 is 5.32 Å². The average Bonchev–Trinajstić information content (AvgIpc) is 2.47. The zero-order chi connectivity index (χ0) is 16.1. The summed E-state index contributed by atoms with van der Waals surface area (Å²) in [6, 6.07) is 13.3. The number of carbonyl (C=O) groups is 2. The lowest BCUT2D eigenvalue weighted by Crippen LogP contribution is -2.30. The van der Waals surface area contributed by atoms with Crippen LogP contribution in [0.25, 0.3) is 0 Å². The second-order valence-corrected chi connectivity index (χ2v) is 4.92. The predicted molar refractivity (Wildman–Crippen MR) is 82.8 cm³/mol. The van der Waals surface area contributed by atoms with Gasteiger partial charge in [-0.1, -0.05) is 24.3 Å². The Morgan fingerprint density at radius 3 is 2.55 bits per heavy atom. The number of ether oxygens (including phenoxy) is 1. The second-order valence-electron chi connectivity index (χ2n) is 4.92. The lowest BCUT2D eigenvalue weighted by atomic mass is 10.2. The average molecular weight is 299 g/mol. The third kappa shape index (κ3) is 3.85. The van der Waals surface area contributed by atoms with Crippen molar-refractivity contribution in [1.29, 1.82) is 0 Å². The third-order valence-electron chi connectivity index (χ3n) is 3.06. The minimum Gasteiger partial charge on any atom is -0.507 e. The molecule has 0 saturated carbocycles. The van der Waals surface area contributed by atoms with E-state index in [-0.39, 0.29) is 11.3 Å². The fraction of sp³-hybridized carbons (Fsp3) is 0.176. The van der Waals surface area contributed by atoms with Crippen LogP contribution >= 0.6 is 0 Å². The Morgan fingerprint density at radius 1 is 1.14 bits per heavy atom. The molecule has 114 valence electrons. The van der Waals surface area contributed by atoms with Gasteiger partial charge in [-0.15, -0.1) is 0 Å². The normalized spacial score (nSPS) is 11.5. The molecule has 0 unspecified atom stereocenters. The summed E-state index contributed by atoms with van der Waals surface area (Å²) in [4.78, 5) is 23.9. The topological polar surface area (TPSA) is 75.6 Å². The van der Waals surface area contributed by atoms with Crippen molar-refractivity contribution >= 4 is 17.6 Å². The van der Waals surface area contributed by atoms with E-state index in [0.29, 0.717) is 5.69 Å². The zero-order valence-electron chi connectivity index (χ0n) is 12.4. The molecule has 0 saturated heterocycles. The maximum absolute atomic E-state index is 12.0. The van der Waals surface area contributed by atoms with Crippen molar-refractivity contribution in [3.05, 3.63) is 59.7 Å². The van der Waals surface area contributed by atoms with E-state index in [0.717, 1.165) is 5.56 Å². The molecule has 0 aromatic heterocycles. The van der Waals surface area contributed by atoms with E-state index in [1.54, 1.807) is 18.2 Å². The van der Waals surface area contributed by atoms with E-state index in [1.807, 2.05) is 25.1 Å². The number of esters is 1. The minimum atomic E-state index is -0.979. The highest BCUT2D eigenvalue weighted by Gasteiger charge is 2.20. The summed E-state index contributed by atoms with van der Waals surface area (Å²) in [5.41, 5.74) is 1.67. The Morgan fingerprint density at radius 2 is 1.86 bits per heavy atom. The van der Waals surface area contributed by atoms with Crippen LogP contribution in [0.15, 0.2) is 48.5 Å². The predicted octanol–water partition coefficient (Wildman–Crippen LogP) is 2.88. The van der Waals surface area contributed by atoms with Gasteiger partial charge in [0.1, 0.15) is 11.3 Å². The molecule has 2 rings (SSSR count). The number of aromatic hydroxyl groups is 1. The molecule has 2 N–H and O–H groups in total. The van der Waals surface area contributed by atoms with Crippen LogP contribution in [0.4, 0.5) is 5.69 Å². The maximum atomic E-state index is 12.0. The number of benzene rings is 2. The number of para-hydroxylation sites is 1. The number of amides is 1. The fourth-order valence-corrected chi connectivity index (χ4v) is 1.89. The van der Waals surface area contributed by atoms with Gasteiger partial charge in [0.15, 0.2) is 6.10 Å². The van der Waals surface area contributed by atoms with Crippen molar-refractivity contribution in [3.8, 4) is 5.75 Å². The largest absolute Gasteiger partial charge is 0.507 e. The lowest BCUT2D eigenvalue weighted by molar-refractivity contribution is -0.123. The number of anilines is 1. The smallest absolute Gasteiger partial charge is 0.342 e. The molecule has 5 nitrogen and oxygen atoms in total. The lowest BCUT2D eigenvalue weighted by Gasteiger charge is -2.14. The van der Waals surface area contributed by atoms with Crippen LogP contribution in [0.3, 0.4) is 0 Å². The summed E-state index contributed by atoms with van der Waals surface area (Å²) in [6.45, 7) is 3.39. The highest BCUT2D eigenvalue weighted by atomic mass is 16.5. The zero-order valence-corrected chi connectivity index (χ0v) is 12.4. The van der Waals surface area contributed by atoms with Crippen molar-refractivity contribution in [1.82, 2.24) is 0 Å². The van der Waals surface area contributed by atoms with Gasteiger partial charge in [0.25, 0.3) is 5.91 Å². The number of hydrogen-bond donors (Lipinski definition) is 2. The summed E-state index contributed by atoms with van der Waals surface area (Å²) < 4.78 is 5.07. The molecule has 5 heteroatoms. The molecular formula is C17H17NO4. The quantitative estimate of drug-likeness (QED) is 0.851. The Bertz CT molecular complexity index is 697. The molecule has 1 atom stereocenters. The molecule has 0 heterocycles. The Kier molecular flexibility index (Phi) is 4.78. The van der Waals surface area contributed by atoms with E-state index in [1.165, 1.54) is 19.1 Å². The van der Waals surface area contributed by atoms with Crippen LogP contribution in [0.1, 0.15) is 22.8 Å². The molecule has 0 aliphatic carbocycles. The number of nitrogens with one attached hydrogen (secondary N) is 1. The summed E-state index contributed by atoms with van der Waals surface area (Å²) >= 11 is 0. The van der Waals surface area contributed by atoms with E-state index in [2.05, 4.69) is 5.32 Å². The summed E-state index contributed by atoms with van der Waals surface area (Å²) in [5.74, 6) is -1.36. The van der Waals surface area contributed by atoms with E-state index in [4.69, 9.17) is 4.74 Å². The fourth-order valence-electron chi connectivity index (χ4n) is 1.89. The van der Waals surface area contributed by atoms with Crippen molar-refractivity contribution in [2.24, 2.45) is 0 Å². The molecule has 0 aliphatic heterocycles. The highest BCUT2D eigenvalue weighted by molar-refractivity contribution is 5.98. The van der Waals surface area contributed by atoms with E-state index >= 15 is 0 Å². The third-order valence-corrected chi connectivity index (χ3v) is 3.06. The molecule has 22 heavy (non-hydrogen) atoms. The number of aryl methyl sites for hydroxylation is 1. The van der Waals surface area contributed by atoms with Crippen LogP contribution in [0.5, 0.6) is 5.75 Å². The monoisotopic (exact) mass is 299 g/mol. The molecular weight excluding hydrogens is 282 g/mol. The van der Waals surface area contributed by atoms with Crippen LogP contribution in [0, 0.1) is 6.92 Å². The number of phenolic OH excluding ortho intramolecular Hbond substituents is 1. The number of phenols is 1.